The van der Waals surface area contributed by atoms with Crippen molar-refractivity contribution in [2.75, 3.05) is 5.73 Å². The lowest BCUT2D eigenvalue weighted by Crippen LogP contribution is -2.12. The van der Waals surface area contributed by atoms with Crippen LogP contribution in [0.15, 0.2) is 22.8 Å². The standard InChI is InChI=1S/C13H13N5O3/c1-2-8-15-11-10(7-4-3-5-21-7)16-13(14)17-12(11)18(8)6-9(19)20/h3-5H,2,6H2,1H3,(H,19,20)(H2,14,16,17). The van der Waals surface area contributed by atoms with Crippen LogP contribution in [0.5, 0.6) is 0 Å². The molecule has 0 amide bonds. The van der Waals surface area contributed by atoms with Gasteiger partial charge in [0.1, 0.15) is 23.6 Å². The Morgan fingerprint density at radius 2 is 2.24 bits per heavy atom. The van der Waals surface area contributed by atoms with E-state index in [1.54, 1.807) is 12.1 Å². The van der Waals surface area contributed by atoms with Gasteiger partial charge in [0.25, 0.3) is 0 Å². The number of carboxylic acid groups (broad SMARTS) is 1. The summed E-state index contributed by atoms with van der Waals surface area (Å²) < 4.78 is 6.87. The molecule has 21 heavy (non-hydrogen) atoms. The minimum atomic E-state index is -0.972. The van der Waals surface area contributed by atoms with Crippen molar-refractivity contribution in [1.29, 1.82) is 0 Å². The van der Waals surface area contributed by atoms with Crippen molar-refractivity contribution in [3.63, 3.8) is 0 Å². The molecule has 0 fully saturated rings. The van der Waals surface area contributed by atoms with Crippen molar-refractivity contribution >= 4 is 23.1 Å². The van der Waals surface area contributed by atoms with Gasteiger partial charge in [-0.05, 0) is 12.1 Å². The third-order valence-electron chi connectivity index (χ3n) is 3.06. The molecule has 0 aliphatic carbocycles. The van der Waals surface area contributed by atoms with Crippen LogP contribution >= 0.6 is 0 Å². The number of imidazole rings is 1. The SMILES string of the molecule is CCc1nc2c(-c3ccco3)nc(N)nc2n1CC(=O)O. The van der Waals surface area contributed by atoms with E-state index in [1.165, 1.54) is 10.8 Å². The highest BCUT2D eigenvalue weighted by Gasteiger charge is 2.20. The summed E-state index contributed by atoms with van der Waals surface area (Å²) in [5.74, 6) is 0.195. The first kappa shape index (κ1) is 13.1. The van der Waals surface area contributed by atoms with Gasteiger partial charge in [-0.1, -0.05) is 6.92 Å². The molecule has 0 saturated heterocycles. The Hall–Kier alpha value is -2.90. The number of nitrogens with zero attached hydrogens (tertiary/aromatic N) is 4. The molecule has 0 bridgehead atoms. The van der Waals surface area contributed by atoms with Crippen LogP contribution in [0.1, 0.15) is 12.7 Å². The zero-order chi connectivity index (χ0) is 15.0. The van der Waals surface area contributed by atoms with Gasteiger partial charge in [-0.2, -0.15) is 4.98 Å². The number of anilines is 1. The number of fused-ring (bicyclic) bond motifs is 1. The molecule has 0 aliphatic rings. The second kappa shape index (κ2) is 4.89. The van der Waals surface area contributed by atoms with Gasteiger partial charge in [-0.3, -0.25) is 4.79 Å². The Kier molecular flexibility index (Phi) is 3.05. The molecule has 3 rings (SSSR count). The van der Waals surface area contributed by atoms with Gasteiger partial charge >= 0.3 is 5.97 Å². The summed E-state index contributed by atoms with van der Waals surface area (Å²) >= 11 is 0. The molecule has 0 radical (unpaired) electrons. The second-order valence-corrected chi connectivity index (χ2v) is 4.44. The van der Waals surface area contributed by atoms with Crippen LogP contribution in [-0.4, -0.2) is 30.6 Å². The molecule has 3 aromatic rings. The molecule has 0 aromatic carbocycles. The topological polar surface area (TPSA) is 120 Å². The maximum absolute atomic E-state index is 11.0. The summed E-state index contributed by atoms with van der Waals surface area (Å²) in [4.78, 5) is 23.8. The largest absolute Gasteiger partial charge is 0.480 e. The predicted molar refractivity (Wildman–Crippen MR) is 74.5 cm³/mol. The fourth-order valence-corrected chi connectivity index (χ4v) is 2.22. The van der Waals surface area contributed by atoms with Crippen molar-refractivity contribution in [1.82, 2.24) is 19.5 Å². The van der Waals surface area contributed by atoms with Gasteiger partial charge in [0.05, 0.1) is 6.26 Å². The lowest BCUT2D eigenvalue weighted by Gasteiger charge is -2.04. The van der Waals surface area contributed by atoms with Gasteiger partial charge in [0, 0.05) is 6.42 Å². The second-order valence-electron chi connectivity index (χ2n) is 4.44. The van der Waals surface area contributed by atoms with Crippen molar-refractivity contribution in [2.24, 2.45) is 0 Å². The first-order valence-electron chi connectivity index (χ1n) is 6.38. The van der Waals surface area contributed by atoms with Crippen molar-refractivity contribution in [3.8, 4) is 11.5 Å². The van der Waals surface area contributed by atoms with Crippen molar-refractivity contribution in [2.45, 2.75) is 19.9 Å². The van der Waals surface area contributed by atoms with Gasteiger partial charge in [0.15, 0.2) is 11.4 Å². The van der Waals surface area contributed by atoms with E-state index in [1.807, 2.05) is 6.92 Å². The Balaban J connectivity index is 2.31. The molecule has 3 aromatic heterocycles. The third kappa shape index (κ3) is 2.20. The average Bonchev–Trinajstić information content (AvgIpc) is 3.06. The number of nitrogens with two attached hydrogens (primary N) is 1. The number of hydrogen-bond acceptors (Lipinski definition) is 6. The molecule has 8 nitrogen and oxygen atoms in total. The number of aromatic nitrogens is 4. The van der Waals surface area contributed by atoms with Gasteiger partial charge < -0.3 is 19.8 Å². The van der Waals surface area contributed by atoms with E-state index in [0.29, 0.717) is 34.9 Å². The molecule has 0 unspecified atom stereocenters. The normalized spacial score (nSPS) is 11.1. The van der Waals surface area contributed by atoms with Crippen LogP contribution in [0.2, 0.25) is 0 Å². The highest BCUT2D eigenvalue weighted by molar-refractivity contribution is 5.87. The van der Waals surface area contributed by atoms with Crippen molar-refractivity contribution < 1.29 is 14.3 Å². The number of furan rings is 1. The first-order chi connectivity index (χ1) is 10.1. The fourth-order valence-electron chi connectivity index (χ4n) is 2.22. The smallest absolute Gasteiger partial charge is 0.323 e. The minimum absolute atomic E-state index is 0.0445. The Morgan fingerprint density at radius 3 is 2.86 bits per heavy atom. The number of aryl methyl sites for hydroxylation is 1. The lowest BCUT2D eigenvalue weighted by atomic mass is 10.3. The Morgan fingerprint density at radius 1 is 1.43 bits per heavy atom. The Labute approximate surface area is 119 Å². The molecule has 108 valence electrons. The van der Waals surface area contributed by atoms with Gasteiger partial charge in [-0.15, -0.1) is 0 Å². The zero-order valence-electron chi connectivity index (χ0n) is 11.3. The van der Waals surface area contributed by atoms with E-state index in [-0.39, 0.29) is 12.5 Å². The Bertz CT molecular complexity index is 807. The summed E-state index contributed by atoms with van der Waals surface area (Å²) in [5.41, 5.74) is 7.07. The average molecular weight is 287 g/mol. The zero-order valence-corrected chi connectivity index (χ0v) is 11.3. The monoisotopic (exact) mass is 287 g/mol. The molecule has 0 saturated carbocycles. The van der Waals surface area contributed by atoms with Gasteiger partial charge in [0.2, 0.25) is 5.95 Å². The fraction of sp³-hybridized carbons (Fsp3) is 0.231. The molecular formula is C13H13N5O3. The van der Waals surface area contributed by atoms with E-state index in [9.17, 15) is 4.79 Å². The molecule has 8 heteroatoms. The molecule has 3 heterocycles. The molecule has 0 spiro atoms. The molecule has 3 N–H and O–H groups in total. The van der Waals surface area contributed by atoms with Crippen LogP contribution in [0.4, 0.5) is 5.95 Å². The number of carboxylic acids is 1. The van der Waals surface area contributed by atoms with Crippen molar-refractivity contribution in [3.05, 3.63) is 24.2 Å². The van der Waals surface area contributed by atoms with Crippen LogP contribution in [0.25, 0.3) is 22.6 Å². The number of carbonyl (C=O) groups is 1. The lowest BCUT2D eigenvalue weighted by molar-refractivity contribution is -0.137. The molecular weight excluding hydrogens is 274 g/mol. The quantitative estimate of drug-likeness (QED) is 0.742. The summed E-state index contributed by atoms with van der Waals surface area (Å²) in [6.07, 6.45) is 2.09. The van der Waals surface area contributed by atoms with Crippen LogP contribution in [0.3, 0.4) is 0 Å². The molecule has 0 atom stereocenters. The van der Waals surface area contributed by atoms with E-state index in [4.69, 9.17) is 15.3 Å². The minimum Gasteiger partial charge on any atom is -0.480 e. The predicted octanol–water partition coefficient (Wildman–Crippen LogP) is 1.32. The number of hydrogen-bond donors (Lipinski definition) is 2. The maximum atomic E-state index is 11.0. The number of aliphatic carboxylic acids is 1. The van der Waals surface area contributed by atoms with E-state index < -0.39 is 5.97 Å². The summed E-state index contributed by atoms with van der Waals surface area (Å²) in [6.45, 7) is 1.66. The van der Waals surface area contributed by atoms with E-state index in [2.05, 4.69) is 15.0 Å². The summed E-state index contributed by atoms with van der Waals surface area (Å²) in [6, 6.07) is 3.47. The number of rotatable bonds is 4. The highest BCUT2D eigenvalue weighted by Crippen LogP contribution is 2.27. The first-order valence-corrected chi connectivity index (χ1v) is 6.38. The van der Waals surface area contributed by atoms with Crippen LogP contribution < -0.4 is 5.73 Å². The van der Waals surface area contributed by atoms with E-state index >= 15 is 0 Å². The van der Waals surface area contributed by atoms with E-state index in [0.717, 1.165) is 0 Å². The highest BCUT2D eigenvalue weighted by atomic mass is 16.4. The van der Waals surface area contributed by atoms with Gasteiger partial charge in [-0.25, -0.2) is 9.97 Å². The maximum Gasteiger partial charge on any atom is 0.323 e. The van der Waals surface area contributed by atoms with Crippen LogP contribution in [0, 0.1) is 0 Å². The summed E-state index contributed by atoms with van der Waals surface area (Å²) in [5, 5.41) is 9.05. The summed E-state index contributed by atoms with van der Waals surface area (Å²) in [7, 11) is 0. The van der Waals surface area contributed by atoms with Crippen LogP contribution in [-0.2, 0) is 17.8 Å². The molecule has 0 aliphatic heterocycles. The number of nitrogen functional groups attached to an aromatic ring is 1. The third-order valence-corrected chi connectivity index (χ3v) is 3.06.